The zero-order chi connectivity index (χ0) is 14.9. The van der Waals surface area contributed by atoms with Crippen molar-refractivity contribution in [2.24, 2.45) is 0 Å². The standard InChI is InChI=1S/C20H14O2/c21-19(12-20-17-10-4-2-7-15(17)13-22-20)18-11-5-8-14-6-1-3-9-16(14)18/h1-12H,13H2/b20-12-. The van der Waals surface area contributed by atoms with Gasteiger partial charge in [0.2, 0.25) is 0 Å². The predicted octanol–water partition coefficient (Wildman–Crippen LogP) is 4.59. The van der Waals surface area contributed by atoms with E-state index in [1.165, 1.54) is 0 Å². The monoisotopic (exact) mass is 286 g/mol. The summed E-state index contributed by atoms with van der Waals surface area (Å²) in [5.74, 6) is 0.636. The number of hydrogen-bond acceptors (Lipinski definition) is 2. The van der Waals surface area contributed by atoms with Crippen molar-refractivity contribution in [3.63, 3.8) is 0 Å². The molecule has 3 aromatic carbocycles. The van der Waals surface area contributed by atoms with E-state index in [-0.39, 0.29) is 5.78 Å². The Morgan fingerprint density at radius 2 is 1.68 bits per heavy atom. The highest BCUT2D eigenvalue weighted by Crippen LogP contribution is 2.30. The third-order valence-corrected chi connectivity index (χ3v) is 3.98. The van der Waals surface area contributed by atoms with Crippen LogP contribution in [0.2, 0.25) is 0 Å². The van der Waals surface area contributed by atoms with Crippen LogP contribution in [-0.2, 0) is 11.3 Å². The first-order chi connectivity index (χ1) is 10.8. The van der Waals surface area contributed by atoms with Crippen molar-refractivity contribution < 1.29 is 9.53 Å². The van der Waals surface area contributed by atoms with Crippen molar-refractivity contribution in [3.8, 4) is 0 Å². The molecule has 2 nitrogen and oxygen atoms in total. The summed E-state index contributed by atoms with van der Waals surface area (Å²) in [7, 11) is 0. The van der Waals surface area contributed by atoms with Gasteiger partial charge in [-0.2, -0.15) is 0 Å². The highest BCUT2D eigenvalue weighted by molar-refractivity contribution is 6.15. The molecule has 0 saturated heterocycles. The van der Waals surface area contributed by atoms with Crippen LogP contribution in [0.25, 0.3) is 16.5 Å². The fourth-order valence-corrected chi connectivity index (χ4v) is 2.88. The maximum absolute atomic E-state index is 12.7. The molecule has 22 heavy (non-hydrogen) atoms. The normalized spacial score (nSPS) is 14.8. The highest BCUT2D eigenvalue weighted by Gasteiger charge is 2.18. The summed E-state index contributed by atoms with van der Waals surface area (Å²) >= 11 is 0. The average molecular weight is 286 g/mol. The third-order valence-electron chi connectivity index (χ3n) is 3.98. The zero-order valence-electron chi connectivity index (χ0n) is 12.0. The van der Waals surface area contributed by atoms with Gasteiger partial charge in [-0.1, -0.05) is 66.7 Å². The van der Waals surface area contributed by atoms with Crippen LogP contribution in [0.4, 0.5) is 0 Å². The second-order valence-corrected chi connectivity index (χ2v) is 5.35. The fourth-order valence-electron chi connectivity index (χ4n) is 2.88. The molecule has 0 N–H and O–H groups in total. The molecular weight excluding hydrogens is 272 g/mol. The molecule has 0 aromatic heterocycles. The summed E-state index contributed by atoms with van der Waals surface area (Å²) in [5.41, 5.74) is 2.84. The first kappa shape index (κ1) is 12.8. The van der Waals surface area contributed by atoms with E-state index in [0.29, 0.717) is 17.9 Å². The van der Waals surface area contributed by atoms with Crippen molar-refractivity contribution in [3.05, 3.63) is 89.5 Å². The van der Waals surface area contributed by atoms with Gasteiger partial charge in [0.1, 0.15) is 12.4 Å². The molecule has 1 aliphatic rings. The summed E-state index contributed by atoms with van der Waals surface area (Å²) in [6, 6.07) is 21.7. The number of hydrogen-bond donors (Lipinski definition) is 0. The maximum atomic E-state index is 12.7. The number of rotatable bonds is 2. The van der Waals surface area contributed by atoms with Crippen LogP contribution in [-0.4, -0.2) is 5.78 Å². The molecule has 0 atom stereocenters. The van der Waals surface area contributed by atoms with Gasteiger partial charge in [-0.3, -0.25) is 4.79 Å². The molecular formula is C20H14O2. The lowest BCUT2D eigenvalue weighted by Crippen LogP contribution is -1.97. The number of allylic oxidation sites excluding steroid dienone is 1. The van der Waals surface area contributed by atoms with Gasteiger partial charge in [0, 0.05) is 22.8 Å². The van der Waals surface area contributed by atoms with Crippen LogP contribution in [0.1, 0.15) is 21.5 Å². The van der Waals surface area contributed by atoms with Gasteiger partial charge in [0.25, 0.3) is 0 Å². The largest absolute Gasteiger partial charge is 0.488 e. The minimum Gasteiger partial charge on any atom is -0.488 e. The molecule has 0 saturated carbocycles. The van der Waals surface area contributed by atoms with Gasteiger partial charge in [-0.15, -0.1) is 0 Å². The van der Waals surface area contributed by atoms with E-state index >= 15 is 0 Å². The summed E-state index contributed by atoms with van der Waals surface area (Å²) in [6.45, 7) is 0.533. The number of fused-ring (bicyclic) bond motifs is 2. The van der Waals surface area contributed by atoms with E-state index in [4.69, 9.17) is 4.74 Å². The van der Waals surface area contributed by atoms with E-state index in [2.05, 4.69) is 0 Å². The van der Waals surface area contributed by atoms with Gasteiger partial charge in [0.15, 0.2) is 5.78 Å². The van der Waals surface area contributed by atoms with Crippen molar-refractivity contribution in [2.45, 2.75) is 6.61 Å². The molecule has 0 aliphatic carbocycles. The minimum atomic E-state index is -0.0245. The quantitative estimate of drug-likeness (QED) is 0.508. The first-order valence-electron chi connectivity index (χ1n) is 7.28. The molecule has 0 radical (unpaired) electrons. The number of carbonyl (C=O) groups excluding carboxylic acids is 1. The molecule has 0 spiro atoms. The maximum Gasteiger partial charge on any atom is 0.190 e. The Labute approximate surface area is 128 Å². The number of carbonyl (C=O) groups is 1. The highest BCUT2D eigenvalue weighted by atomic mass is 16.5. The topological polar surface area (TPSA) is 26.3 Å². The van der Waals surface area contributed by atoms with Gasteiger partial charge in [0.05, 0.1) is 0 Å². The average Bonchev–Trinajstić information content (AvgIpc) is 2.97. The molecule has 2 heteroatoms. The van der Waals surface area contributed by atoms with Crippen LogP contribution in [0.3, 0.4) is 0 Å². The molecule has 106 valence electrons. The Hall–Kier alpha value is -2.87. The predicted molar refractivity (Wildman–Crippen MR) is 87.5 cm³/mol. The van der Waals surface area contributed by atoms with Crippen molar-refractivity contribution >= 4 is 22.3 Å². The van der Waals surface area contributed by atoms with Gasteiger partial charge >= 0.3 is 0 Å². The number of ketones is 1. The SMILES string of the molecule is O=C(/C=C1\OCc2ccccc21)c1cccc2ccccc12. The molecule has 1 heterocycles. The van der Waals surface area contributed by atoms with E-state index < -0.39 is 0 Å². The summed E-state index contributed by atoms with van der Waals surface area (Å²) in [5, 5.41) is 2.04. The molecule has 0 fully saturated rings. The molecule has 4 rings (SSSR count). The van der Waals surface area contributed by atoms with E-state index in [9.17, 15) is 4.79 Å². The molecule has 3 aromatic rings. The summed E-state index contributed by atoms with van der Waals surface area (Å²) in [6.07, 6.45) is 1.60. The van der Waals surface area contributed by atoms with Crippen LogP contribution < -0.4 is 0 Å². The molecule has 0 amide bonds. The minimum absolute atomic E-state index is 0.0245. The van der Waals surface area contributed by atoms with Crippen molar-refractivity contribution in [1.82, 2.24) is 0 Å². The van der Waals surface area contributed by atoms with Crippen LogP contribution in [0.15, 0.2) is 72.8 Å². The Balaban J connectivity index is 1.78. The second-order valence-electron chi connectivity index (χ2n) is 5.35. The number of ether oxygens (including phenoxy) is 1. The van der Waals surface area contributed by atoms with Crippen molar-refractivity contribution in [1.29, 1.82) is 0 Å². The lowest BCUT2D eigenvalue weighted by Gasteiger charge is -2.04. The molecule has 1 aliphatic heterocycles. The Kier molecular flexibility index (Phi) is 3.01. The van der Waals surface area contributed by atoms with Crippen LogP contribution in [0, 0.1) is 0 Å². The van der Waals surface area contributed by atoms with E-state index in [0.717, 1.165) is 21.9 Å². The van der Waals surface area contributed by atoms with Crippen LogP contribution in [0.5, 0.6) is 0 Å². The van der Waals surface area contributed by atoms with Crippen molar-refractivity contribution in [2.75, 3.05) is 0 Å². The van der Waals surface area contributed by atoms with Gasteiger partial charge in [-0.05, 0) is 10.8 Å². The lowest BCUT2D eigenvalue weighted by molar-refractivity contribution is 0.104. The second kappa shape index (κ2) is 5.15. The zero-order valence-corrected chi connectivity index (χ0v) is 12.0. The summed E-state index contributed by atoms with van der Waals surface area (Å²) < 4.78 is 5.67. The Morgan fingerprint density at radius 3 is 2.64 bits per heavy atom. The lowest BCUT2D eigenvalue weighted by atomic mass is 10.00. The smallest absolute Gasteiger partial charge is 0.190 e. The van der Waals surface area contributed by atoms with E-state index in [1.807, 2.05) is 66.7 Å². The fraction of sp³-hybridized carbons (Fsp3) is 0.0500. The van der Waals surface area contributed by atoms with Gasteiger partial charge in [-0.25, -0.2) is 0 Å². The first-order valence-corrected chi connectivity index (χ1v) is 7.28. The molecule has 0 bridgehead atoms. The third kappa shape index (κ3) is 2.09. The molecule has 0 unspecified atom stereocenters. The van der Waals surface area contributed by atoms with Crippen LogP contribution >= 0.6 is 0 Å². The van der Waals surface area contributed by atoms with Gasteiger partial charge < -0.3 is 4.74 Å². The van der Waals surface area contributed by atoms with E-state index in [1.54, 1.807) is 6.08 Å². The summed E-state index contributed by atoms with van der Waals surface area (Å²) in [4.78, 5) is 12.7. The Bertz CT molecular complexity index is 901. The Morgan fingerprint density at radius 1 is 0.909 bits per heavy atom. The number of benzene rings is 3.